The van der Waals surface area contributed by atoms with Gasteiger partial charge in [0.25, 0.3) is 5.56 Å². The molecule has 33 heavy (non-hydrogen) atoms. The van der Waals surface area contributed by atoms with Crippen LogP contribution in [0, 0.1) is 0 Å². The van der Waals surface area contributed by atoms with Gasteiger partial charge in [-0.1, -0.05) is 12.1 Å². The molecule has 1 amide bonds. The lowest BCUT2D eigenvalue weighted by atomic mass is 10.2. The van der Waals surface area contributed by atoms with Gasteiger partial charge in [-0.15, -0.1) is 0 Å². The maximum atomic E-state index is 13.1. The number of nitrogens with zero attached hydrogens (tertiary/aromatic N) is 3. The van der Waals surface area contributed by atoms with Gasteiger partial charge in [0.2, 0.25) is 5.91 Å². The first-order chi connectivity index (χ1) is 16.1. The van der Waals surface area contributed by atoms with Crippen LogP contribution in [-0.2, 0) is 22.7 Å². The van der Waals surface area contributed by atoms with Crippen LogP contribution in [0.1, 0.15) is 34.8 Å². The highest BCUT2D eigenvalue weighted by Gasteiger charge is 2.22. The number of carbonyl (C=O) groups is 2. The maximum Gasteiger partial charge on any atom is 0.338 e. The molecule has 0 saturated carbocycles. The lowest BCUT2D eigenvalue weighted by Gasteiger charge is -2.16. The average molecular weight is 443 g/mol. The molecular weight excluding hydrogens is 422 g/mol. The summed E-state index contributed by atoms with van der Waals surface area (Å²) < 4.78 is 12.3. The monoisotopic (exact) mass is 443 g/mol. The SMILES string of the molecule is O=C(OCc1nc2ccccc2c(=O)n1Cc1ccco1)c1ccc(N2CCCC2=O)cc1. The van der Waals surface area contributed by atoms with Crippen LogP contribution in [0.15, 0.2) is 76.1 Å². The molecule has 8 heteroatoms. The number of hydrogen-bond acceptors (Lipinski definition) is 6. The van der Waals surface area contributed by atoms with Gasteiger partial charge in [-0.2, -0.15) is 0 Å². The number of ether oxygens (including phenoxy) is 1. The van der Waals surface area contributed by atoms with Crippen LogP contribution in [0.5, 0.6) is 0 Å². The number of amides is 1. The quantitative estimate of drug-likeness (QED) is 0.423. The third-order valence-corrected chi connectivity index (χ3v) is 5.66. The number of esters is 1. The molecule has 1 saturated heterocycles. The Labute approximate surface area is 189 Å². The molecular formula is C25H21N3O5. The number of para-hydroxylation sites is 1. The Morgan fingerprint density at radius 2 is 1.85 bits per heavy atom. The molecule has 3 heterocycles. The highest BCUT2D eigenvalue weighted by atomic mass is 16.5. The Morgan fingerprint density at radius 1 is 1.03 bits per heavy atom. The van der Waals surface area contributed by atoms with Crippen LogP contribution in [0.3, 0.4) is 0 Å². The summed E-state index contributed by atoms with van der Waals surface area (Å²) in [5, 5.41) is 0.478. The first-order valence-electron chi connectivity index (χ1n) is 10.7. The number of hydrogen-bond donors (Lipinski definition) is 0. The summed E-state index contributed by atoms with van der Waals surface area (Å²) in [4.78, 5) is 43.9. The van der Waals surface area contributed by atoms with Gasteiger partial charge in [0.05, 0.1) is 29.3 Å². The second kappa shape index (κ2) is 8.74. The van der Waals surface area contributed by atoms with Crippen molar-refractivity contribution in [3.05, 3.63) is 94.4 Å². The third kappa shape index (κ3) is 4.15. The first kappa shape index (κ1) is 20.7. The van der Waals surface area contributed by atoms with E-state index >= 15 is 0 Å². The lowest BCUT2D eigenvalue weighted by molar-refractivity contribution is -0.117. The molecule has 0 bridgehead atoms. The summed E-state index contributed by atoms with van der Waals surface area (Å²) in [5.74, 6) is 0.458. The predicted octanol–water partition coefficient (Wildman–Crippen LogP) is 3.52. The van der Waals surface area contributed by atoms with Crippen molar-refractivity contribution in [1.29, 1.82) is 0 Å². The zero-order valence-corrected chi connectivity index (χ0v) is 17.8. The van der Waals surface area contributed by atoms with Gasteiger partial charge in [0.1, 0.15) is 12.4 Å². The zero-order chi connectivity index (χ0) is 22.8. The van der Waals surface area contributed by atoms with E-state index in [4.69, 9.17) is 9.15 Å². The molecule has 0 N–H and O–H groups in total. The molecule has 2 aromatic carbocycles. The van der Waals surface area contributed by atoms with E-state index in [9.17, 15) is 14.4 Å². The van der Waals surface area contributed by atoms with E-state index in [1.165, 1.54) is 10.8 Å². The number of rotatable bonds is 6. The molecule has 0 atom stereocenters. The summed E-state index contributed by atoms with van der Waals surface area (Å²) in [5.41, 5.74) is 1.41. The molecule has 0 unspecified atom stereocenters. The normalized spacial score (nSPS) is 13.6. The smallest absolute Gasteiger partial charge is 0.338 e. The molecule has 0 spiro atoms. The van der Waals surface area contributed by atoms with Crippen molar-refractivity contribution >= 4 is 28.5 Å². The van der Waals surface area contributed by atoms with E-state index in [-0.39, 0.29) is 24.6 Å². The van der Waals surface area contributed by atoms with Gasteiger partial charge in [-0.3, -0.25) is 14.2 Å². The topological polar surface area (TPSA) is 94.6 Å². The lowest BCUT2D eigenvalue weighted by Crippen LogP contribution is -2.27. The van der Waals surface area contributed by atoms with Crippen molar-refractivity contribution in [2.24, 2.45) is 0 Å². The minimum Gasteiger partial charge on any atom is -0.467 e. The van der Waals surface area contributed by atoms with Crippen LogP contribution in [0.25, 0.3) is 10.9 Å². The Kier molecular flexibility index (Phi) is 5.48. The molecule has 8 nitrogen and oxygen atoms in total. The van der Waals surface area contributed by atoms with Gasteiger partial charge in [-0.25, -0.2) is 9.78 Å². The van der Waals surface area contributed by atoms with Crippen LogP contribution in [0.4, 0.5) is 5.69 Å². The highest BCUT2D eigenvalue weighted by Crippen LogP contribution is 2.22. The van der Waals surface area contributed by atoms with E-state index in [1.807, 2.05) is 0 Å². The molecule has 2 aromatic heterocycles. The van der Waals surface area contributed by atoms with Crippen molar-refractivity contribution in [2.75, 3.05) is 11.4 Å². The van der Waals surface area contributed by atoms with Gasteiger partial charge >= 0.3 is 5.97 Å². The van der Waals surface area contributed by atoms with E-state index < -0.39 is 5.97 Å². The molecule has 0 radical (unpaired) electrons. The number of carbonyl (C=O) groups excluding carboxylic acids is 2. The maximum absolute atomic E-state index is 13.1. The van der Waals surface area contributed by atoms with E-state index in [2.05, 4.69) is 4.98 Å². The summed E-state index contributed by atoms with van der Waals surface area (Å²) >= 11 is 0. The molecule has 1 aliphatic rings. The van der Waals surface area contributed by atoms with Crippen molar-refractivity contribution < 1.29 is 18.7 Å². The van der Waals surface area contributed by atoms with Crippen LogP contribution in [-0.4, -0.2) is 28.0 Å². The Morgan fingerprint density at radius 3 is 2.58 bits per heavy atom. The summed E-state index contributed by atoms with van der Waals surface area (Å²) in [6, 6.07) is 17.3. The van der Waals surface area contributed by atoms with Crippen molar-refractivity contribution in [3.8, 4) is 0 Å². The van der Waals surface area contributed by atoms with Gasteiger partial charge in [0, 0.05) is 18.7 Å². The Hall–Kier alpha value is -4.20. The fraction of sp³-hybridized carbons (Fsp3) is 0.200. The predicted molar refractivity (Wildman–Crippen MR) is 121 cm³/mol. The van der Waals surface area contributed by atoms with Gasteiger partial charge in [0.15, 0.2) is 5.82 Å². The number of aromatic nitrogens is 2. The Bertz CT molecular complexity index is 1370. The number of fused-ring (bicyclic) bond motifs is 1. The second-order valence-electron chi connectivity index (χ2n) is 7.79. The largest absolute Gasteiger partial charge is 0.467 e. The number of benzene rings is 2. The zero-order valence-electron chi connectivity index (χ0n) is 17.8. The minimum atomic E-state index is -0.541. The van der Waals surface area contributed by atoms with Crippen LogP contribution >= 0.6 is 0 Å². The van der Waals surface area contributed by atoms with E-state index in [1.54, 1.807) is 65.6 Å². The molecule has 166 valence electrons. The van der Waals surface area contributed by atoms with E-state index in [0.29, 0.717) is 41.0 Å². The van der Waals surface area contributed by atoms with Crippen LogP contribution in [0.2, 0.25) is 0 Å². The molecule has 5 rings (SSSR count). The summed E-state index contributed by atoms with van der Waals surface area (Å²) in [7, 11) is 0. The second-order valence-corrected chi connectivity index (χ2v) is 7.79. The van der Waals surface area contributed by atoms with Crippen molar-refractivity contribution in [1.82, 2.24) is 9.55 Å². The fourth-order valence-corrected chi connectivity index (χ4v) is 3.96. The fourth-order valence-electron chi connectivity index (χ4n) is 3.96. The average Bonchev–Trinajstić information content (AvgIpc) is 3.51. The first-order valence-corrected chi connectivity index (χ1v) is 10.7. The van der Waals surface area contributed by atoms with E-state index in [0.717, 1.165) is 12.1 Å². The molecule has 1 fully saturated rings. The van der Waals surface area contributed by atoms with Gasteiger partial charge < -0.3 is 14.1 Å². The van der Waals surface area contributed by atoms with Crippen molar-refractivity contribution in [3.63, 3.8) is 0 Å². The summed E-state index contributed by atoms with van der Waals surface area (Å²) in [6.45, 7) is 0.685. The number of furan rings is 1. The highest BCUT2D eigenvalue weighted by molar-refractivity contribution is 5.96. The third-order valence-electron chi connectivity index (χ3n) is 5.66. The van der Waals surface area contributed by atoms with Gasteiger partial charge in [-0.05, 0) is 55.0 Å². The van der Waals surface area contributed by atoms with Crippen molar-refractivity contribution in [2.45, 2.75) is 26.0 Å². The van der Waals surface area contributed by atoms with Crippen LogP contribution < -0.4 is 10.5 Å². The minimum absolute atomic E-state index is 0.0854. The number of anilines is 1. The standard InChI is InChI=1S/C25H21N3O5/c29-23-8-3-13-27(23)18-11-9-17(10-12-18)25(31)33-16-22-26-21-7-2-1-6-20(21)24(30)28(22)15-19-5-4-14-32-19/h1-2,4-7,9-12,14H,3,8,13,15-16H2. The Balaban J connectivity index is 1.38. The molecule has 4 aromatic rings. The summed E-state index contributed by atoms with van der Waals surface area (Å²) in [6.07, 6.45) is 2.91. The molecule has 1 aliphatic heterocycles. The molecule has 0 aliphatic carbocycles.